The van der Waals surface area contributed by atoms with Crippen LogP contribution in [0.4, 0.5) is 22.7 Å². The first-order chi connectivity index (χ1) is 16.4. The highest BCUT2D eigenvalue weighted by Crippen LogP contribution is 2.21. The smallest absolute Gasteiger partial charge is 0.261 e. The minimum atomic E-state index is -3.71. The number of azo groups is 1. The van der Waals surface area contributed by atoms with Crippen molar-refractivity contribution in [2.24, 2.45) is 10.2 Å². The molecule has 0 unspecified atom stereocenters. The summed E-state index contributed by atoms with van der Waals surface area (Å²) in [6, 6.07) is 29.2. The maximum atomic E-state index is 12.6. The maximum absolute atomic E-state index is 12.6. The van der Waals surface area contributed by atoms with E-state index in [1.54, 1.807) is 72.8 Å². The van der Waals surface area contributed by atoms with Gasteiger partial charge in [-0.3, -0.25) is 9.52 Å². The van der Waals surface area contributed by atoms with Gasteiger partial charge in [-0.15, -0.1) is 0 Å². The van der Waals surface area contributed by atoms with Gasteiger partial charge in [0.15, 0.2) is 0 Å². The van der Waals surface area contributed by atoms with Crippen LogP contribution >= 0.6 is 0 Å². The Balaban J connectivity index is 1.37. The van der Waals surface area contributed by atoms with E-state index in [1.807, 2.05) is 37.3 Å². The molecule has 8 heteroatoms. The van der Waals surface area contributed by atoms with E-state index in [4.69, 9.17) is 0 Å². The molecule has 0 aliphatic rings. The number of aryl methyl sites for hydroxylation is 1. The number of nitrogens with zero attached hydrogens (tertiary/aromatic N) is 2. The average molecular weight is 471 g/mol. The van der Waals surface area contributed by atoms with Gasteiger partial charge in [-0.2, -0.15) is 10.2 Å². The second kappa shape index (κ2) is 10.1. The molecule has 4 rings (SSSR count). The van der Waals surface area contributed by atoms with E-state index >= 15 is 0 Å². The van der Waals surface area contributed by atoms with E-state index in [0.717, 1.165) is 11.3 Å². The second-order valence-electron chi connectivity index (χ2n) is 7.53. The van der Waals surface area contributed by atoms with E-state index in [0.29, 0.717) is 22.6 Å². The molecule has 7 nitrogen and oxygen atoms in total. The Kier molecular flexibility index (Phi) is 6.79. The van der Waals surface area contributed by atoms with Gasteiger partial charge < -0.3 is 5.32 Å². The molecule has 170 valence electrons. The van der Waals surface area contributed by atoms with Crippen LogP contribution in [0.1, 0.15) is 15.9 Å². The van der Waals surface area contributed by atoms with Crippen molar-refractivity contribution < 1.29 is 13.2 Å². The summed E-state index contributed by atoms with van der Waals surface area (Å²) in [6.45, 7) is 1.89. The normalized spacial score (nSPS) is 11.3. The first-order valence-corrected chi connectivity index (χ1v) is 12.0. The lowest BCUT2D eigenvalue weighted by molar-refractivity contribution is 0.102. The fourth-order valence-corrected chi connectivity index (χ4v) is 4.10. The summed E-state index contributed by atoms with van der Waals surface area (Å²) >= 11 is 0. The molecule has 0 spiro atoms. The van der Waals surface area contributed by atoms with Crippen molar-refractivity contribution in [1.29, 1.82) is 0 Å². The van der Waals surface area contributed by atoms with Crippen LogP contribution in [0.5, 0.6) is 0 Å². The minimum Gasteiger partial charge on any atom is -0.322 e. The molecule has 1 amide bonds. The maximum Gasteiger partial charge on any atom is 0.261 e. The Morgan fingerprint density at radius 2 is 1.24 bits per heavy atom. The Morgan fingerprint density at radius 1 is 0.676 bits per heavy atom. The third-order valence-electron chi connectivity index (χ3n) is 4.89. The number of sulfonamides is 1. The molecule has 34 heavy (non-hydrogen) atoms. The van der Waals surface area contributed by atoms with Gasteiger partial charge in [-0.05, 0) is 79.7 Å². The molecule has 0 radical (unpaired) electrons. The van der Waals surface area contributed by atoms with Crippen molar-refractivity contribution in [1.82, 2.24) is 0 Å². The number of rotatable bonds is 7. The van der Waals surface area contributed by atoms with Crippen molar-refractivity contribution >= 4 is 38.7 Å². The molecular weight excluding hydrogens is 448 g/mol. The molecule has 0 bridgehead atoms. The summed E-state index contributed by atoms with van der Waals surface area (Å²) in [7, 11) is -3.71. The summed E-state index contributed by atoms with van der Waals surface area (Å²) in [6.07, 6.45) is 0. The van der Waals surface area contributed by atoms with Crippen LogP contribution in [0.2, 0.25) is 0 Å². The minimum absolute atomic E-state index is 0.173. The summed E-state index contributed by atoms with van der Waals surface area (Å²) in [5.74, 6) is -0.313. The zero-order chi connectivity index (χ0) is 24.0. The standard InChI is InChI=1S/C26H22N4O3S/c1-19-7-17-25(18-8-19)34(32,33)30-24-11-9-20(10-12-24)26(31)27-21-13-15-23(16-14-21)29-28-22-5-3-2-4-6-22/h2-18,30H,1H3,(H,27,31). The highest BCUT2D eigenvalue weighted by Gasteiger charge is 2.14. The van der Waals surface area contributed by atoms with E-state index in [2.05, 4.69) is 20.3 Å². The predicted octanol–water partition coefficient (Wildman–Crippen LogP) is 6.46. The van der Waals surface area contributed by atoms with Crippen LogP contribution in [0.3, 0.4) is 0 Å². The number of nitrogens with one attached hydrogen (secondary N) is 2. The molecule has 2 N–H and O–H groups in total. The Bertz CT molecular complexity index is 1400. The molecular formula is C26H22N4O3S. The van der Waals surface area contributed by atoms with Gasteiger partial charge in [0.25, 0.3) is 15.9 Å². The molecule has 0 heterocycles. The number of carbonyl (C=O) groups excluding carboxylic acids is 1. The summed E-state index contributed by atoms with van der Waals surface area (Å²) in [4.78, 5) is 12.7. The quantitative estimate of drug-likeness (QED) is 0.303. The lowest BCUT2D eigenvalue weighted by Gasteiger charge is -2.10. The van der Waals surface area contributed by atoms with Crippen molar-refractivity contribution in [2.45, 2.75) is 11.8 Å². The summed E-state index contributed by atoms with van der Waals surface area (Å²) < 4.78 is 27.6. The van der Waals surface area contributed by atoms with Crippen LogP contribution in [-0.2, 0) is 10.0 Å². The van der Waals surface area contributed by atoms with Gasteiger partial charge in [-0.1, -0.05) is 35.9 Å². The predicted molar refractivity (Wildman–Crippen MR) is 133 cm³/mol. The van der Waals surface area contributed by atoms with Crippen LogP contribution in [0.15, 0.2) is 118 Å². The van der Waals surface area contributed by atoms with Gasteiger partial charge in [0.2, 0.25) is 0 Å². The SMILES string of the molecule is Cc1ccc(S(=O)(=O)Nc2ccc(C(=O)Nc3ccc(N=Nc4ccccc4)cc3)cc2)cc1. The van der Waals surface area contributed by atoms with Crippen LogP contribution in [0.25, 0.3) is 0 Å². The van der Waals surface area contributed by atoms with E-state index in [9.17, 15) is 13.2 Å². The fourth-order valence-electron chi connectivity index (χ4n) is 3.05. The zero-order valence-electron chi connectivity index (χ0n) is 18.3. The van der Waals surface area contributed by atoms with E-state index in [1.165, 1.54) is 0 Å². The van der Waals surface area contributed by atoms with Gasteiger partial charge in [0.05, 0.1) is 16.3 Å². The van der Waals surface area contributed by atoms with E-state index in [-0.39, 0.29) is 10.8 Å². The molecule has 0 atom stereocenters. The fraction of sp³-hybridized carbons (Fsp3) is 0.0385. The van der Waals surface area contributed by atoms with Gasteiger partial charge in [0.1, 0.15) is 0 Å². The van der Waals surface area contributed by atoms with Crippen molar-refractivity contribution in [3.8, 4) is 0 Å². The molecule has 0 aliphatic heterocycles. The first-order valence-electron chi connectivity index (χ1n) is 10.5. The Hall–Kier alpha value is -4.30. The Morgan fingerprint density at radius 3 is 1.85 bits per heavy atom. The molecule has 4 aromatic carbocycles. The number of benzene rings is 4. The second-order valence-corrected chi connectivity index (χ2v) is 9.21. The van der Waals surface area contributed by atoms with Gasteiger partial charge in [-0.25, -0.2) is 8.42 Å². The van der Waals surface area contributed by atoms with Crippen LogP contribution < -0.4 is 10.0 Å². The zero-order valence-corrected chi connectivity index (χ0v) is 19.2. The number of hydrogen-bond donors (Lipinski definition) is 2. The molecule has 0 fully saturated rings. The van der Waals surface area contributed by atoms with Crippen LogP contribution in [-0.4, -0.2) is 14.3 Å². The molecule has 0 saturated heterocycles. The van der Waals surface area contributed by atoms with E-state index < -0.39 is 10.0 Å². The Labute approximate surface area is 198 Å². The largest absolute Gasteiger partial charge is 0.322 e. The third kappa shape index (κ3) is 5.93. The molecule has 0 saturated carbocycles. The number of amides is 1. The van der Waals surface area contributed by atoms with Gasteiger partial charge in [0, 0.05) is 16.9 Å². The van der Waals surface area contributed by atoms with Crippen molar-refractivity contribution in [2.75, 3.05) is 10.0 Å². The highest BCUT2D eigenvalue weighted by molar-refractivity contribution is 7.92. The lowest BCUT2D eigenvalue weighted by Crippen LogP contribution is -2.14. The van der Waals surface area contributed by atoms with Crippen molar-refractivity contribution in [3.63, 3.8) is 0 Å². The highest BCUT2D eigenvalue weighted by atomic mass is 32.2. The van der Waals surface area contributed by atoms with Crippen LogP contribution in [0, 0.1) is 6.92 Å². The molecule has 0 aliphatic carbocycles. The lowest BCUT2D eigenvalue weighted by atomic mass is 10.2. The average Bonchev–Trinajstić information content (AvgIpc) is 2.85. The van der Waals surface area contributed by atoms with Gasteiger partial charge >= 0.3 is 0 Å². The first kappa shape index (κ1) is 22.9. The number of hydrogen-bond acceptors (Lipinski definition) is 5. The summed E-state index contributed by atoms with van der Waals surface area (Å²) in [5.41, 5.74) is 3.75. The number of carbonyl (C=O) groups is 1. The monoisotopic (exact) mass is 470 g/mol. The molecule has 4 aromatic rings. The topological polar surface area (TPSA) is 100.0 Å². The van der Waals surface area contributed by atoms with Crippen molar-refractivity contribution in [3.05, 3.63) is 114 Å². The molecule has 0 aromatic heterocycles. The summed E-state index contributed by atoms with van der Waals surface area (Å²) in [5, 5.41) is 11.1. The third-order valence-corrected chi connectivity index (χ3v) is 6.29. The number of anilines is 2.